The molecule has 0 bridgehead atoms. The predicted molar refractivity (Wildman–Crippen MR) is 94.4 cm³/mol. The van der Waals surface area contributed by atoms with Gasteiger partial charge in [0.2, 0.25) is 5.95 Å². The third-order valence-electron chi connectivity index (χ3n) is 3.95. The maximum absolute atomic E-state index is 12.2. The normalized spacial score (nSPS) is 10.6. The average Bonchev–Trinajstić information content (AvgIpc) is 2.88. The Hall–Kier alpha value is -3.62. The number of aryl methyl sites for hydroxylation is 2. The van der Waals surface area contributed by atoms with E-state index in [2.05, 4.69) is 20.3 Å². The molecule has 26 heavy (non-hydrogen) atoms. The van der Waals surface area contributed by atoms with Crippen LogP contribution in [0.15, 0.2) is 36.7 Å². The summed E-state index contributed by atoms with van der Waals surface area (Å²) in [7, 11) is 0. The van der Waals surface area contributed by atoms with Crippen molar-refractivity contribution >= 4 is 17.3 Å². The Morgan fingerprint density at radius 3 is 2.23 bits per heavy atom. The summed E-state index contributed by atoms with van der Waals surface area (Å²) < 4.78 is 1.83. The van der Waals surface area contributed by atoms with Crippen molar-refractivity contribution in [3.8, 4) is 5.95 Å². The molecule has 0 aliphatic heterocycles. The Labute approximate surface area is 148 Å². The predicted octanol–water partition coefficient (Wildman–Crippen LogP) is 2.75. The molecule has 0 unspecified atom stereocenters. The first kappa shape index (κ1) is 17.2. The second-order valence-electron chi connectivity index (χ2n) is 5.70. The SMILES string of the molecule is Cc1nc(C)n(-c2ncc(NC(=O)c3ccc([N+](=O)[O-])cc3)cn2)c1C. The van der Waals surface area contributed by atoms with Crippen LogP contribution in [0.5, 0.6) is 0 Å². The van der Waals surface area contributed by atoms with Crippen molar-refractivity contribution in [1.82, 2.24) is 19.5 Å². The quantitative estimate of drug-likeness (QED) is 0.570. The first-order chi connectivity index (χ1) is 12.4. The Bertz CT molecular complexity index is 977. The van der Waals surface area contributed by atoms with Crippen LogP contribution in [-0.4, -0.2) is 30.3 Å². The molecule has 1 aromatic carbocycles. The van der Waals surface area contributed by atoms with Gasteiger partial charge >= 0.3 is 0 Å². The molecule has 0 aliphatic carbocycles. The number of rotatable bonds is 4. The first-order valence-electron chi connectivity index (χ1n) is 7.77. The lowest BCUT2D eigenvalue weighted by atomic mass is 10.2. The molecule has 0 aliphatic rings. The van der Waals surface area contributed by atoms with Gasteiger partial charge in [0, 0.05) is 23.4 Å². The minimum Gasteiger partial charge on any atom is -0.319 e. The number of nitro benzene ring substituents is 1. The third kappa shape index (κ3) is 3.27. The number of carbonyl (C=O) groups is 1. The monoisotopic (exact) mass is 352 g/mol. The summed E-state index contributed by atoms with van der Waals surface area (Å²) in [5.74, 6) is 0.846. The second kappa shape index (κ2) is 6.71. The number of amides is 1. The number of non-ortho nitro benzene ring substituents is 1. The van der Waals surface area contributed by atoms with Gasteiger partial charge in [-0.15, -0.1) is 0 Å². The van der Waals surface area contributed by atoms with E-state index in [4.69, 9.17) is 0 Å². The van der Waals surface area contributed by atoms with Crippen LogP contribution in [0.1, 0.15) is 27.6 Å². The van der Waals surface area contributed by atoms with Gasteiger partial charge in [0.1, 0.15) is 5.82 Å². The molecule has 2 heterocycles. The van der Waals surface area contributed by atoms with Crippen molar-refractivity contribution in [1.29, 1.82) is 0 Å². The molecule has 1 amide bonds. The van der Waals surface area contributed by atoms with Crippen molar-refractivity contribution < 1.29 is 9.72 Å². The number of carbonyl (C=O) groups excluding carboxylic acids is 1. The summed E-state index contributed by atoms with van der Waals surface area (Å²) in [6, 6.07) is 5.34. The van der Waals surface area contributed by atoms with E-state index in [0.29, 0.717) is 17.2 Å². The van der Waals surface area contributed by atoms with Gasteiger partial charge in [0.15, 0.2) is 0 Å². The molecule has 2 aromatic heterocycles. The molecule has 9 heteroatoms. The van der Waals surface area contributed by atoms with E-state index in [1.165, 1.54) is 36.7 Å². The van der Waals surface area contributed by atoms with Crippen LogP contribution in [0.3, 0.4) is 0 Å². The second-order valence-corrected chi connectivity index (χ2v) is 5.70. The molecule has 0 spiro atoms. The van der Waals surface area contributed by atoms with Gasteiger partial charge in [-0.05, 0) is 32.9 Å². The molecule has 3 rings (SSSR count). The first-order valence-corrected chi connectivity index (χ1v) is 7.77. The zero-order valence-electron chi connectivity index (χ0n) is 14.4. The van der Waals surface area contributed by atoms with Crippen LogP contribution in [0, 0.1) is 30.9 Å². The highest BCUT2D eigenvalue weighted by Gasteiger charge is 2.13. The van der Waals surface area contributed by atoms with Gasteiger partial charge in [0.05, 0.1) is 28.7 Å². The van der Waals surface area contributed by atoms with Gasteiger partial charge < -0.3 is 5.32 Å². The number of hydrogen-bond donors (Lipinski definition) is 1. The van der Waals surface area contributed by atoms with E-state index in [1.54, 1.807) is 0 Å². The van der Waals surface area contributed by atoms with Crippen molar-refractivity contribution in [3.63, 3.8) is 0 Å². The number of imidazole rings is 1. The molecular weight excluding hydrogens is 336 g/mol. The lowest BCUT2D eigenvalue weighted by Gasteiger charge is -2.08. The van der Waals surface area contributed by atoms with Crippen LogP contribution >= 0.6 is 0 Å². The minimum absolute atomic E-state index is 0.0735. The van der Waals surface area contributed by atoms with E-state index < -0.39 is 10.8 Å². The van der Waals surface area contributed by atoms with Gasteiger partial charge in [-0.1, -0.05) is 0 Å². The van der Waals surface area contributed by atoms with Gasteiger partial charge in [-0.2, -0.15) is 0 Å². The Balaban J connectivity index is 1.76. The summed E-state index contributed by atoms with van der Waals surface area (Å²) in [6.07, 6.45) is 3.00. The number of hydrogen-bond acceptors (Lipinski definition) is 6. The van der Waals surface area contributed by atoms with Crippen molar-refractivity contribution in [2.24, 2.45) is 0 Å². The Morgan fingerprint density at radius 2 is 1.73 bits per heavy atom. The molecule has 9 nitrogen and oxygen atoms in total. The minimum atomic E-state index is -0.518. The maximum Gasteiger partial charge on any atom is 0.269 e. The standard InChI is InChI=1S/C17H16N6O3/c1-10-11(2)22(12(3)20-10)17-18-8-14(9-19-17)21-16(24)13-4-6-15(7-5-13)23(25)26/h4-9H,1-3H3,(H,21,24). The molecule has 0 fully saturated rings. The summed E-state index contributed by atoms with van der Waals surface area (Å²) >= 11 is 0. The van der Waals surface area contributed by atoms with Crippen LogP contribution in [0.4, 0.5) is 11.4 Å². The fourth-order valence-electron chi connectivity index (χ4n) is 2.51. The summed E-state index contributed by atoms with van der Waals surface area (Å²) in [6.45, 7) is 5.72. The third-order valence-corrected chi connectivity index (χ3v) is 3.95. The molecule has 0 saturated heterocycles. The highest BCUT2D eigenvalue weighted by molar-refractivity contribution is 6.04. The van der Waals surface area contributed by atoms with E-state index in [9.17, 15) is 14.9 Å². The smallest absolute Gasteiger partial charge is 0.269 e. The number of aromatic nitrogens is 4. The largest absolute Gasteiger partial charge is 0.319 e. The lowest BCUT2D eigenvalue weighted by Crippen LogP contribution is -2.13. The number of nitrogens with zero attached hydrogens (tertiary/aromatic N) is 5. The molecule has 3 aromatic rings. The van der Waals surface area contributed by atoms with Crippen LogP contribution in [-0.2, 0) is 0 Å². The van der Waals surface area contributed by atoms with Crippen molar-refractivity contribution in [2.75, 3.05) is 5.32 Å². The van der Waals surface area contributed by atoms with Crippen molar-refractivity contribution in [2.45, 2.75) is 20.8 Å². The van der Waals surface area contributed by atoms with Crippen LogP contribution < -0.4 is 5.32 Å². The number of benzene rings is 1. The average molecular weight is 352 g/mol. The number of nitrogens with one attached hydrogen (secondary N) is 1. The fraction of sp³-hybridized carbons (Fsp3) is 0.176. The summed E-state index contributed by atoms with van der Waals surface area (Å²) in [5.41, 5.74) is 2.50. The molecule has 0 radical (unpaired) electrons. The molecule has 1 N–H and O–H groups in total. The Morgan fingerprint density at radius 1 is 1.12 bits per heavy atom. The highest BCUT2D eigenvalue weighted by atomic mass is 16.6. The van der Waals surface area contributed by atoms with Gasteiger partial charge in [-0.3, -0.25) is 19.5 Å². The zero-order chi connectivity index (χ0) is 18.8. The topological polar surface area (TPSA) is 116 Å². The van der Waals surface area contributed by atoms with E-state index in [1.807, 2.05) is 25.3 Å². The van der Waals surface area contributed by atoms with E-state index >= 15 is 0 Å². The molecular formula is C17H16N6O3. The van der Waals surface area contributed by atoms with E-state index in [0.717, 1.165) is 17.2 Å². The van der Waals surface area contributed by atoms with Crippen molar-refractivity contribution in [3.05, 3.63) is 69.5 Å². The summed E-state index contributed by atoms with van der Waals surface area (Å²) in [4.78, 5) is 35.3. The summed E-state index contributed by atoms with van der Waals surface area (Å²) in [5, 5.41) is 13.3. The molecule has 132 valence electrons. The van der Waals surface area contributed by atoms with Crippen LogP contribution in [0.25, 0.3) is 5.95 Å². The van der Waals surface area contributed by atoms with Gasteiger partial charge in [-0.25, -0.2) is 15.0 Å². The number of anilines is 1. The van der Waals surface area contributed by atoms with E-state index in [-0.39, 0.29) is 5.69 Å². The molecule has 0 saturated carbocycles. The Kier molecular flexibility index (Phi) is 4.44. The van der Waals surface area contributed by atoms with Gasteiger partial charge in [0.25, 0.3) is 11.6 Å². The maximum atomic E-state index is 12.2. The fourth-order valence-corrected chi connectivity index (χ4v) is 2.51. The lowest BCUT2D eigenvalue weighted by molar-refractivity contribution is -0.384. The van der Waals surface area contributed by atoms with Crippen LogP contribution in [0.2, 0.25) is 0 Å². The zero-order valence-corrected chi connectivity index (χ0v) is 14.4. The molecule has 0 atom stereocenters. The highest BCUT2D eigenvalue weighted by Crippen LogP contribution is 2.16. The number of nitro groups is 1.